The molecule has 2 aromatic rings. The average molecular weight is 228 g/mol. The van der Waals surface area contributed by atoms with Gasteiger partial charge in [-0.25, -0.2) is 0 Å². The Bertz CT molecular complexity index is 641. The lowest BCUT2D eigenvalue weighted by Gasteiger charge is -2.00. The van der Waals surface area contributed by atoms with Crippen molar-refractivity contribution in [3.05, 3.63) is 52.3 Å². The van der Waals surface area contributed by atoms with Gasteiger partial charge in [-0.1, -0.05) is 24.3 Å². The maximum atomic E-state index is 11.6. The second-order valence-corrected chi connectivity index (χ2v) is 3.68. The molecule has 17 heavy (non-hydrogen) atoms. The van der Waals surface area contributed by atoms with E-state index in [9.17, 15) is 9.59 Å². The molecule has 1 amide bonds. The number of fused-ring (bicyclic) bond motifs is 1. The summed E-state index contributed by atoms with van der Waals surface area (Å²) in [6.07, 6.45) is 5.26. The molecule has 0 radical (unpaired) electrons. The van der Waals surface area contributed by atoms with Gasteiger partial charge in [0.1, 0.15) is 0 Å². The average Bonchev–Trinajstić information content (AvgIpc) is 2.30. The molecule has 0 aliphatic heterocycles. The van der Waals surface area contributed by atoms with Gasteiger partial charge in [0.25, 0.3) is 0 Å². The Kier molecular flexibility index (Phi) is 3.05. The zero-order chi connectivity index (χ0) is 12.3. The van der Waals surface area contributed by atoms with E-state index in [2.05, 4.69) is 4.98 Å². The number of nitrogens with one attached hydrogen (secondary N) is 1. The van der Waals surface area contributed by atoms with Crippen LogP contribution >= 0.6 is 0 Å². The molecule has 0 fully saturated rings. The van der Waals surface area contributed by atoms with Crippen molar-refractivity contribution in [2.45, 2.75) is 6.42 Å². The van der Waals surface area contributed by atoms with Crippen LogP contribution in [0.2, 0.25) is 0 Å². The number of para-hydroxylation sites is 1. The van der Waals surface area contributed by atoms with Gasteiger partial charge in [0.05, 0.1) is 5.52 Å². The molecule has 0 saturated heterocycles. The van der Waals surface area contributed by atoms with E-state index >= 15 is 0 Å². The van der Waals surface area contributed by atoms with Crippen LogP contribution in [0.5, 0.6) is 0 Å². The highest BCUT2D eigenvalue weighted by atomic mass is 16.1. The third-order valence-electron chi connectivity index (χ3n) is 2.44. The summed E-state index contributed by atoms with van der Waals surface area (Å²) in [5.74, 6) is -0.380. The van der Waals surface area contributed by atoms with Gasteiger partial charge in [0.2, 0.25) is 5.91 Å². The van der Waals surface area contributed by atoms with E-state index in [-0.39, 0.29) is 17.8 Å². The molecule has 0 unspecified atom stereocenters. The van der Waals surface area contributed by atoms with Crippen LogP contribution in [0.15, 0.2) is 41.3 Å². The van der Waals surface area contributed by atoms with E-state index in [4.69, 9.17) is 5.73 Å². The van der Waals surface area contributed by atoms with E-state index in [1.54, 1.807) is 24.4 Å². The molecular formula is C13H12N2O2. The second-order valence-electron chi connectivity index (χ2n) is 3.68. The number of amides is 1. The molecule has 0 aliphatic carbocycles. The molecule has 0 bridgehead atoms. The number of hydrogen-bond acceptors (Lipinski definition) is 2. The number of aromatic amines is 1. The van der Waals surface area contributed by atoms with Crippen molar-refractivity contribution in [2.75, 3.05) is 0 Å². The Hall–Kier alpha value is -2.36. The highest BCUT2D eigenvalue weighted by Crippen LogP contribution is 2.14. The summed E-state index contributed by atoms with van der Waals surface area (Å²) in [6, 6.07) is 6.93. The summed E-state index contributed by atoms with van der Waals surface area (Å²) >= 11 is 0. The molecular weight excluding hydrogens is 216 g/mol. The van der Waals surface area contributed by atoms with Crippen LogP contribution in [0.25, 0.3) is 17.0 Å². The number of hydrogen-bond donors (Lipinski definition) is 2. The van der Waals surface area contributed by atoms with Gasteiger partial charge >= 0.3 is 0 Å². The van der Waals surface area contributed by atoms with Crippen molar-refractivity contribution in [1.29, 1.82) is 0 Å². The number of carbonyl (C=O) groups excluding carboxylic acids is 1. The Labute approximate surface area is 97.8 Å². The van der Waals surface area contributed by atoms with Crippen molar-refractivity contribution in [1.82, 2.24) is 4.98 Å². The third-order valence-corrected chi connectivity index (χ3v) is 2.44. The maximum Gasteiger partial charge on any atom is 0.221 e. The van der Waals surface area contributed by atoms with Crippen LogP contribution in [0.1, 0.15) is 12.0 Å². The lowest BCUT2D eigenvalue weighted by Crippen LogP contribution is -2.07. The number of aromatic nitrogens is 1. The molecule has 1 aromatic carbocycles. The minimum absolute atomic E-state index is 0.0242. The summed E-state index contributed by atoms with van der Waals surface area (Å²) in [4.78, 5) is 25.2. The number of pyridine rings is 1. The summed E-state index contributed by atoms with van der Waals surface area (Å²) in [5, 5.41) is 0.633. The fourth-order valence-electron chi connectivity index (χ4n) is 1.67. The standard InChI is InChI=1S/C13H12N2O2/c14-12(17)6-2-4-9-3-1-5-10-11(16)7-8-15-13(9)10/h1-5,7-8H,6H2,(H2,14,17)(H,15,16). The normalized spacial score (nSPS) is 11.1. The number of primary amides is 1. The lowest BCUT2D eigenvalue weighted by molar-refractivity contribution is -0.117. The van der Waals surface area contributed by atoms with E-state index < -0.39 is 0 Å². The highest BCUT2D eigenvalue weighted by Gasteiger charge is 2.00. The van der Waals surface area contributed by atoms with Gasteiger partial charge in [-0.05, 0) is 11.6 Å². The summed E-state index contributed by atoms with van der Waals surface area (Å²) in [6.45, 7) is 0. The maximum absolute atomic E-state index is 11.6. The number of H-pyrrole nitrogens is 1. The van der Waals surface area contributed by atoms with Crippen molar-refractivity contribution < 1.29 is 4.79 Å². The topological polar surface area (TPSA) is 76.0 Å². The smallest absolute Gasteiger partial charge is 0.221 e. The van der Waals surface area contributed by atoms with Crippen LogP contribution in [0.4, 0.5) is 0 Å². The first-order valence-corrected chi connectivity index (χ1v) is 5.24. The lowest BCUT2D eigenvalue weighted by atomic mass is 10.1. The van der Waals surface area contributed by atoms with Crippen LogP contribution in [-0.2, 0) is 4.79 Å². The molecule has 1 aromatic heterocycles. The SMILES string of the molecule is NC(=O)CC=Cc1cccc2c(=O)cc[nH]c12. The van der Waals surface area contributed by atoms with Crippen LogP contribution in [0, 0.1) is 0 Å². The predicted octanol–water partition coefficient (Wildman–Crippen LogP) is 1.42. The highest BCUT2D eigenvalue weighted by molar-refractivity contribution is 5.87. The molecule has 2 rings (SSSR count). The Morgan fingerprint density at radius 2 is 2.18 bits per heavy atom. The zero-order valence-electron chi connectivity index (χ0n) is 9.14. The molecule has 4 heteroatoms. The fourth-order valence-corrected chi connectivity index (χ4v) is 1.67. The fraction of sp³-hybridized carbons (Fsp3) is 0.0769. The van der Waals surface area contributed by atoms with Gasteiger partial charge in [0, 0.05) is 24.1 Å². The molecule has 0 spiro atoms. The first kappa shape index (κ1) is 11.1. The monoisotopic (exact) mass is 228 g/mol. The van der Waals surface area contributed by atoms with Crippen molar-refractivity contribution in [2.24, 2.45) is 5.73 Å². The van der Waals surface area contributed by atoms with Crippen molar-refractivity contribution in [3.63, 3.8) is 0 Å². The molecule has 86 valence electrons. The molecule has 0 aliphatic rings. The summed E-state index contributed by atoms with van der Waals surface area (Å²) in [5.41, 5.74) is 6.65. The first-order valence-electron chi connectivity index (χ1n) is 5.24. The second kappa shape index (κ2) is 4.65. The largest absolute Gasteiger partial charge is 0.369 e. The zero-order valence-corrected chi connectivity index (χ0v) is 9.14. The molecule has 0 atom stereocenters. The number of benzene rings is 1. The van der Waals surface area contributed by atoms with Gasteiger partial charge in [0.15, 0.2) is 5.43 Å². The number of rotatable bonds is 3. The van der Waals surface area contributed by atoms with E-state index in [1.165, 1.54) is 6.07 Å². The van der Waals surface area contributed by atoms with Gasteiger partial charge in [-0.2, -0.15) is 0 Å². The quantitative estimate of drug-likeness (QED) is 0.833. The molecule has 0 saturated carbocycles. The minimum atomic E-state index is -0.380. The van der Waals surface area contributed by atoms with Crippen LogP contribution < -0.4 is 11.2 Å². The Morgan fingerprint density at radius 1 is 1.35 bits per heavy atom. The van der Waals surface area contributed by atoms with Crippen molar-refractivity contribution in [3.8, 4) is 0 Å². The van der Waals surface area contributed by atoms with E-state index in [0.717, 1.165) is 11.1 Å². The summed E-state index contributed by atoms with van der Waals surface area (Å²) in [7, 11) is 0. The van der Waals surface area contributed by atoms with Crippen LogP contribution in [-0.4, -0.2) is 10.9 Å². The predicted molar refractivity (Wildman–Crippen MR) is 67.4 cm³/mol. The van der Waals surface area contributed by atoms with Crippen molar-refractivity contribution >= 4 is 22.9 Å². The van der Waals surface area contributed by atoms with Gasteiger partial charge in [-0.15, -0.1) is 0 Å². The summed E-state index contributed by atoms with van der Waals surface area (Å²) < 4.78 is 0. The Morgan fingerprint density at radius 3 is 2.94 bits per heavy atom. The molecule has 1 heterocycles. The third kappa shape index (κ3) is 2.42. The minimum Gasteiger partial charge on any atom is -0.369 e. The van der Waals surface area contributed by atoms with Gasteiger partial charge in [-0.3, -0.25) is 9.59 Å². The first-order chi connectivity index (χ1) is 8.18. The Balaban J connectivity index is 2.48. The number of carbonyl (C=O) groups is 1. The van der Waals surface area contributed by atoms with E-state index in [1.807, 2.05) is 12.1 Å². The molecule has 3 N–H and O–H groups in total. The number of nitrogens with two attached hydrogens (primary N) is 1. The van der Waals surface area contributed by atoms with E-state index in [0.29, 0.717) is 5.39 Å². The molecule has 4 nitrogen and oxygen atoms in total. The van der Waals surface area contributed by atoms with Gasteiger partial charge < -0.3 is 10.7 Å². The van der Waals surface area contributed by atoms with Crippen LogP contribution in [0.3, 0.4) is 0 Å².